The van der Waals surface area contributed by atoms with E-state index in [9.17, 15) is 8.42 Å². The number of aromatic nitrogens is 2. The minimum absolute atomic E-state index is 0.0764. The van der Waals surface area contributed by atoms with Gasteiger partial charge in [0.15, 0.2) is 0 Å². The van der Waals surface area contributed by atoms with E-state index in [4.69, 9.17) is 5.14 Å². The Morgan fingerprint density at radius 2 is 2.15 bits per heavy atom. The zero-order valence-electron chi connectivity index (χ0n) is 11.1. The summed E-state index contributed by atoms with van der Waals surface area (Å²) in [5.74, 6) is 0. The molecule has 0 unspecified atom stereocenters. The zero-order chi connectivity index (χ0) is 14.9. The van der Waals surface area contributed by atoms with E-state index in [2.05, 4.69) is 26.3 Å². The first-order chi connectivity index (χ1) is 9.29. The van der Waals surface area contributed by atoms with Gasteiger partial charge in [0.05, 0.1) is 11.1 Å². The van der Waals surface area contributed by atoms with E-state index >= 15 is 0 Å². The zero-order valence-corrected chi connectivity index (χ0v) is 13.5. The lowest BCUT2D eigenvalue weighted by Crippen LogP contribution is -2.12. The summed E-state index contributed by atoms with van der Waals surface area (Å²) in [4.78, 5) is 0.0764. The highest BCUT2D eigenvalue weighted by Crippen LogP contribution is 2.26. The second kappa shape index (κ2) is 5.55. The molecule has 0 aliphatic heterocycles. The molecule has 0 amide bonds. The molecule has 0 bridgehead atoms. The summed E-state index contributed by atoms with van der Waals surface area (Å²) in [6.07, 6.45) is 1.80. The van der Waals surface area contributed by atoms with Crippen molar-refractivity contribution >= 4 is 31.6 Å². The first-order valence-electron chi connectivity index (χ1n) is 5.82. The molecular weight excluding hydrogens is 344 g/mol. The summed E-state index contributed by atoms with van der Waals surface area (Å²) in [7, 11) is -1.80. The molecule has 0 aliphatic rings. The van der Waals surface area contributed by atoms with Crippen LogP contribution in [0.1, 0.15) is 11.3 Å². The lowest BCUT2D eigenvalue weighted by Gasteiger charge is -2.09. The molecule has 0 aliphatic carbocycles. The molecule has 8 heteroatoms. The van der Waals surface area contributed by atoms with Crippen molar-refractivity contribution in [1.82, 2.24) is 9.78 Å². The number of rotatable bonds is 4. The van der Waals surface area contributed by atoms with Crippen molar-refractivity contribution in [2.75, 3.05) is 5.32 Å². The van der Waals surface area contributed by atoms with Crippen LogP contribution in [0.5, 0.6) is 0 Å². The fourth-order valence-electron chi connectivity index (χ4n) is 1.72. The van der Waals surface area contributed by atoms with Gasteiger partial charge in [-0.05, 0) is 41.1 Å². The van der Waals surface area contributed by atoms with E-state index in [-0.39, 0.29) is 4.90 Å². The molecule has 1 aromatic heterocycles. The Bertz CT molecular complexity index is 740. The lowest BCUT2D eigenvalue weighted by atomic mass is 10.2. The molecule has 0 spiro atoms. The van der Waals surface area contributed by atoms with Crippen LogP contribution in [0.15, 0.2) is 33.8 Å². The number of nitrogens with zero attached hydrogens (tertiary/aromatic N) is 2. The molecule has 0 saturated heterocycles. The van der Waals surface area contributed by atoms with Crippen LogP contribution in [0.4, 0.5) is 5.69 Å². The van der Waals surface area contributed by atoms with Crippen LogP contribution in [-0.2, 0) is 23.6 Å². The van der Waals surface area contributed by atoms with Gasteiger partial charge in [-0.2, -0.15) is 5.10 Å². The normalized spacial score (nSPS) is 11.6. The third-order valence-corrected chi connectivity index (χ3v) is 4.64. The third kappa shape index (κ3) is 3.20. The van der Waals surface area contributed by atoms with Crippen LogP contribution < -0.4 is 10.5 Å². The van der Waals surface area contributed by atoms with Gasteiger partial charge in [0.25, 0.3) is 0 Å². The minimum Gasteiger partial charge on any atom is -0.380 e. The number of benzene rings is 1. The highest BCUT2D eigenvalue weighted by atomic mass is 79.9. The highest BCUT2D eigenvalue weighted by Gasteiger charge is 2.10. The average molecular weight is 359 g/mol. The topological polar surface area (TPSA) is 90.0 Å². The van der Waals surface area contributed by atoms with Crippen molar-refractivity contribution < 1.29 is 8.42 Å². The fourth-order valence-corrected chi connectivity index (χ4v) is 2.93. The summed E-state index contributed by atoms with van der Waals surface area (Å²) in [6, 6.07) is 4.63. The molecule has 1 aromatic carbocycles. The van der Waals surface area contributed by atoms with Crippen LogP contribution in [0.3, 0.4) is 0 Å². The number of sulfonamides is 1. The molecule has 1 heterocycles. The average Bonchev–Trinajstić information content (AvgIpc) is 2.67. The maximum Gasteiger partial charge on any atom is 0.238 e. The van der Waals surface area contributed by atoms with Crippen molar-refractivity contribution in [2.45, 2.75) is 18.4 Å². The molecule has 108 valence electrons. The van der Waals surface area contributed by atoms with E-state index in [1.807, 2.05) is 14.0 Å². The lowest BCUT2D eigenvalue weighted by molar-refractivity contribution is 0.598. The Morgan fingerprint density at radius 1 is 1.45 bits per heavy atom. The molecular formula is C12H15BrN4O2S. The summed E-state index contributed by atoms with van der Waals surface area (Å²) in [6.45, 7) is 2.59. The number of nitrogens with two attached hydrogens (primary N) is 1. The first kappa shape index (κ1) is 15.0. The number of hydrogen-bond acceptors (Lipinski definition) is 4. The second-order valence-electron chi connectivity index (χ2n) is 4.42. The number of primary sulfonamides is 1. The van der Waals surface area contributed by atoms with E-state index in [1.54, 1.807) is 16.9 Å². The minimum atomic E-state index is -3.68. The second-order valence-corrected chi connectivity index (χ2v) is 6.83. The van der Waals surface area contributed by atoms with Gasteiger partial charge in [-0.3, -0.25) is 4.68 Å². The molecule has 0 saturated carbocycles. The molecule has 20 heavy (non-hydrogen) atoms. The fraction of sp³-hybridized carbons (Fsp3) is 0.250. The van der Waals surface area contributed by atoms with E-state index < -0.39 is 10.0 Å². The van der Waals surface area contributed by atoms with Crippen molar-refractivity contribution in [1.29, 1.82) is 0 Å². The molecule has 2 rings (SSSR count). The van der Waals surface area contributed by atoms with E-state index in [0.29, 0.717) is 11.0 Å². The third-order valence-electron chi connectivity index (χ3n) is 3.08. The number of anilines is 1. The largest absolute Gasteiger partial charge is 0.380 e. The Labute approximate surface area is 126 Å². The molecule has 2 aromatic rings. The predicted molar refractivity (Wildman–Crippen MR) is 80.8 cm³/mol. The van der Waals surface area contributed by atoms with E-state index in [1.165, 1.54) is 12.1 Å². The van der Waals surface area contributed by atoms with Gasteiger partial charge in [-0.1, -0.05) is 0 Å². The first-order valence-corrected chi connectivity index (χ1v) is 8.16. The maximum absolute atomic E-state index is 11.2. The van der Waals surface area contributed by atoms with Gasteiger partial charge >= 0.3 is 0 Å². The smallest absolute Gasteiger partial charge is 0.238 e. The van der Waals surface area contributed by atoms with Crippen molar-refractivity contribution in [3.8, 4) is 0 Å². The Hall–Kier alpha value is -1.38. The van der Waals surface area contributed by atoms with Gasteiger partial charge in [0, 0.05) is 35.0 Å². The maximum atomic E-state index is 11.2. The summed E-state index contributed by atoms with van der Waals surface area (Å²) >= 11 is 3.33. The Kier molecular flexibility index (Phi) is 4.17. The SMILES string of the molecule is Cc1c(CNc2ccc(S(N)(=O)=O)cc2Br)cnn1C. The Balaban J connectivity index is 2.17. The van der Waals surface area contributed by atoms with Crippen LogP contribution in [-0.4, -0.2) is 18.2 Å². The van der Waals surface area contributed by atoms with E-state index in [0.717, 1.165) is 16.9 Å². The molecule has 0 atom stereocenters. The van der Waals surface area contributed by atoms with Gasteiger partial charge in [0.2, 0.25) is 10.0 Å². The number of hydrogen-bond donors (Lipinski definition) is 2. The molecule has 3 N–H and O–H groups in total. The van der Waals surface area contributed by atoms with Crippen LogP contribution >= 0.6 is 15.9 Å². The van der Waals surface area contributed by atoms with Crippen LogP contribution in [0.2, 0.25) is 0 Å². The number of nitrogens with one attached hydrogen (secondary N) is 1. The number of halogens is 1. The number of aryl methyl sites for hydroxylation is 1. The standard InChI is InChI=1S/C12H15BrN4O2S/c1-8-9(7-16-17(8)2)6-15-12-4-3-10(5-11(12)13)20(14,18)19/h3-5,7,15H,6H2,1-2H3,(H2,14,18,19). The molecule has 6 nitrogen and oxygen atoms in total. The van der Waals surface area contributed by atoms with Crippen molar-refractivity contribution in [3.05, 3.63) is 40.1 Å². The molecule has 0 fully saturated rings. The van der Waals surface area contributed by atoms with Crippen LogP contribution in [0, 0.1) is 6.92 Å². The predicted octanol–water partition coefficient (Wildman–Crippen LogP) is 1.75. The van der Waals surface area contributed by atoms with Gasteiger partial charge in [-0.25, -0.2) is 13.6 Å². The highest BCUT2D eigenvalue weighted by molar-refractivity contribution is 9.10. The van der Waals surface area contributed by atoms with Crippen molar-refractivity contribution in [3.63, 3.8) is 0 Å². The quantitative estimate of drug-likeness (QED) is 0.870. The summed E-state index contributed by atoms with van der Waals surface area (Å²) in [5, 5.41) is 12.5. The van der Waals surface area contributed by atoms with Gasteiger partial charge < -0.3 is 5.32 Å². The Morgan fingerprint density at radius 3 is 2.65 bits per heavy atom. The summed E-state index contributed by atoms with van der Waals surface area (Å²) in [5.41, 5.74) is 2.95. The summed E-state index contributed by atoms with van der Waals surface area (Å²) < 4.78 is 24.9. The van der Waals surface area contributed by atoms with Crippen molar-refractivity contribution in [2.24, 2.45) is 12.2 Å². The van der Waals surface area contributed by atoms with Crippen LogP contribution in [0.25, 0.3) is 0 Å². The van der Waals surface area contributed by atoms with Gasteiger partial charge in [-0.15, -0.1) is 0 Å². The van der Waals surface area contributed by atoms with Gasteiger partial charge in [0.1, 0.15) is 0 Å². The monoisotopic (exact) mass is 358 g/mol. The molecule has 0 radical (unpaired) electrons.